The lowest BCUT2D eigenvalue weighted by molar-refractivity contribution is -0.177. The highest BCUT2D eigenvalue weighted by Crippen LogP contribution is 2.61. The molecule has 1 aliphatic heterocycles. The molecule has 0 spiro atoms. The summed E-state index contributed by atoms with van der Waals surface area (Å²) in [5.41, 5.74) is 4.24. The van der Waals surface area contributed by atoms with Crippen LogP contribution in [-0.4, -0.2) is 87.1 Å². The number of nitrogens with one attached hydrogen (secondary N) is 3. The lowest BCUT2D eigenvalue weighted by atomic mass is 9.45. The van der Waals surface area contributed by atoms with E-state index in [1.165, 1.54) is 6.42 Å². The number of para-hydroxylation sites is 1. The predicted octanol–water partition coefficient (Wildman–Crippen LogP) is 4.45. The number of hydroxylamine groups is 2. The van der Waals surface area contributed by atoms with Gasteiger partial charge in [0.25, 0.3) is 5.91 Å². The van der Waals surface area contributed by atoms with Gasteiger partial charge in [-0.25, -0.2) is 0 Å². The summed E-state index contributed by atoms with van der Waals surface area (Å²) in [5, 5.41) is 22.5. The summed E-state index contributed by atoms with van der Waals surface area (Å²) < 4.78 is 6.06. The minimum Gasteiger partial charge on any atom is -0.496 e. The van der Waals surface area contributed by atoms with Gasteiger partial charge in [0, 0.05) is 68.1 Å². The maximum Gasteiger partial charge on any atom is 0.251 e. The molecule has 1 heterocycles. The van der Waals surface area contributed by atoms with E-state index in [-0.39, 0.29) is 30.4 Å². The first-order valence-corrected chi connectivity index (χ1v) is 17.5. The highest BCUT2D eigenvalue weighted by molar-refractivity contribution is 5.97. The zero-order chi connectivity index (χ0) is 35.1. The lowest BCUT2D eigenvalue weighted by Gasteiger charge is -2.62. The molecule has 4 fully saturated rings. The van der Waals surface area contributed by atoms with E-state index >= 15 is 0 Å². The fourth-order valence-corrected chi connectivity index (χ4v) is 8.50. The Balaban J connectivity index is 1.49. The molecule has 0 radical (unpaired) electrons. The molecule has 264 valence electrons. The van der Waals surface area contributed by atoms with E-state index in [1.54, 1.807) is 26.1 Å². The minimum absolute atomic E-state index is 0.0926. The number of ether oxygens (including phenoxy) is 1. The number of aliphatic hydroxyl groups excluding tert-OH is 1. The van der Waals surface area contributed by atoms with Crippen LogP contribution in [-0.2, 0) is 16.2 Å². The summed E-state index contributed by atoms with van der Waals surface area (Å²) in [6.45, 7) is 13.7. The minimum atomic E-state index is -0.772. The number of anilines is 1. The van der Waals surface area contributed by atoms with Gasteiger partial charge in [0.05, 0.1) is 25.9 Å². The van der Waals surface area contributed by atoms with Crippen LogP contribution in [0.25, 0.3) is 11.1 Å². The van der Waals surface area contributed by atoms with Crippen molar-refractivity contribution in [1.82, 2.24) is 21.0 Å². The quantitative estimate of drug-likeness (QED) is 0.264. The van der Waals surface area contributed by atoms with Crippen molar-refractivity contribution in [2.45, 2.75) is 91.3 Å². The molecule has 4 N–H and O–H groups in total. The number of fused-ring (bicyclic) bond motifs is 2. The van der Waals surface area contributed by atoms with Gasteiger partial charge in [-0.1, -0.05) is 52.8 Å². The fourth-order valence-electron chi connectivity index (χ4n) is 8.50. The van der Waals surface area contributed by atoms with Gasteiger partial charge in [0.1, 0.15) is 11.8 Å². The number of aliphatic hydroxyl groups is 1. The Bertz CT molecular complexity index is 1480. The number of hydrogen-bond donors (Lipinski definition) is 4. The number of carbonyl (C=O) groups excluding carboxylic acids is 2. The summed E-state index contributed by atoms with van der Waals surface area (Å²) in [6.07, 6.45) is 1.03. The van der Waals surface area contributed by atoms with E-state index in [0.717, 1.165) is 28.8 Å². The van der Waals surface area contributed by atoms with E-state index in [1.807, 2.05) is 55.4 Å². The van der Waals surface area contributed by atoms with Crippen LogP contribution >= 0.6 is 0 Å². The van der Waals surface area contributed by atoms with Crippen molar-refractivity contribution in [3.63, 3.8) is 0 Å². The normalized spacial score (nSPS) is 28.5. The first kappa shape index (κ1) is 36.1. The predicted molar refractivity (Wildman–Crippen MR) is 190 cm³/mol. The van der Waals surface area contributed by atoms with E-state index < -0.39 is 24.2 Å². The number of methoxy groups -OCH3 is 1. The molecule has 4 aliphatic rings. The van der Waals surface area contributed by atoms with Gasteiger partial charge < -0.3 is 30.7 Å². The van der Waals surface area contributed by atoms with Gasteiger partial charge in [-0.15, -0.1) is 0 Å². The largest absolute Gasteiger partial charge is 0.496 e. The van der Waals surface area contributed by atoms with E-state index in [9.17, 15) is 14.7 Å². The second-order valence-corrected chi connectivity index (χ2v) is 15.4. The standard InChI is InChI=1S/C38H57N5O5/c1-21(2)40-19-32-33(23(4)44)34(37(46)41-31-18-27-17-30(22(31)3)38(27,5)6)43(48-32)20-24-12-11-13-29(35(24)47-10)25-14-26(36(45)39-7)16-28(15-25)42(8)9/h11-16,21-23,27,30-34,40,44H,17-20H2,1-10H3,(H,39,45)(H,41,46). The number of amides is 2. The van der Waals surface area contributed by atoms with Crippen molar-refractivity contribution in [2.75, 3.05) is 39.7 Å². The van der Waals surface area contributed by atoms with Crippen LogP contribution in [0, 0.1) is 29.1 Å². The Labute approximate surface area is 286 Å². The molecule has 10 heteroatoms. The van der Waals surface area contributed by atoms with Gasteiger partial charge >= 0.3 is 0 Å². The molecule has 3 saturated carbocycles. The number of benzene rings is 2. The average Bonchev–Trinajstić information content (AvgIpc) is 3.41. The van der Waals surface area contributed by atoms with Crippen molar-refractivity contribution < 1.29 is 24.3 Å². The molecule has 8 unspecified atom stereocenters. The maximum absolute atomic E-state index is 14.4. The first-order valence-electron chi connectivity index (χ1n) is 17.5. The Kier molecular flexibility index (Phi) is 10.8. The number of hydrogen-bond acceptors (Lipinski definition) is 8. The Morgan fingerprint density at radius 3 is 2.46 bits per heavy atom. The first-order chi connectivity index (χ1) is 22.7. The van der Waals surface area contributed by atoms with Crippen molar-refractivity contribution in [1.29, 1.82) is 0 Å². The molecule has 48 heavy (non-hydrogen) atoms. The Morgan fingerprint density at radius 2 is 1.88 bits per heavy atom. The SMILES string of the molecule is CNC(=O)c1cc(-c2cccc(CN3OC(CNC(C)C)C(C(C)O)C3C(=O)NC3CC4CC(C3C)C4(C)C)c2OC)cc(N(C)C)c1. The van der Waals surface area contributed by atoms with Crippen molar-refractivity contribution >= 4 is 17.5 Å². The second-order valence-electron chi connectivity index (χ2n) is 15.4. The molecule has 2 aromatic carbocycles. The summed E-state index contributed by atoms with van der Waals surface area (Å²) in [7, 11) is 7.14. The fraction of sp³-hybridized carbons (Fsp3) is 0.632. The summed E-state index contributed by atoms with van der Waals surface area (Å²) in [6, 6.07) is 11.3. The van der Waals surface area contributed by atoms with E-state index in [0.29, 0.717) is 41.0 Å². The Hall–Kier alpha value is -3.18. The molecular weight excluding hydrogens is 606 g/mol. The van der Waals surface area contributed by atoms with Crippen LogP contribution in [0.1, 0.15) is 70.3 Å². The smallest absolute Gasteiger partial charge is 0.251 e. The second kappa shape index (κ2) is 14.4. The van der Waals surface area contributed by atoms with Crippen LogP contribution in [0.4, 0.5) is 5.69 Å². The Morgan fingerprint density at radius 1 is 1.15 bits per heavy atom. The van der Waals surface area contributed by atoms with E-state index in [4.69, 9.17) is 9.57 Å². The molecule has 3 aliphatic carbocycles. The summed E-state index contributed by atoms with van der Waals surface area (Å²) in [4.78, 5) is 35.6. The monoisotopic (exact) mass is 663 g/mol. The summed E-state index contributed by atoms with van der Waals surface area (Å²) in [5.74, 6) is 1.50. The topological polar surface area (TPSA) is 115 Å². The van der Waals surface area contributed by atoms with Crippen molar-refractivity contribution in [2.24, 2.45) is 29.1 Å². The third kappa shape index (κ3) is 6.95. The molecular formula is C38H57N5O5. The van der Waals surface area contributed by atoms with Crippen LogP contribution < -0.4 is 25.6 Å². The van der Waals surface area contributed by atoms with Gasteiger partial charge in [-0.05, 0) is 66.7 Å². The van der Waals surface area contributed by atoms with E-state index in [2.05, 4.69) is 50.6 Å². The molecule has 6 rings (SSSR count). The molecule has 8 atom stereocenters. The summed E-state index contributed by atoms with van der Waals surface area (Å²) >= 11 is 0. The molecule has 2 amide bonds. The third-order valence-corrected chi connectivity index (χ3v) is 11.5. The molecule has 2 bridgehead atoms. The van der Waals surface area contributed by atoms with Crippen molar-refractivity contribution in [3.05, 3.63) is 47.5 Å². The van der Waals surface area contributed by atoms with Gasteiger partial charge in [-0.3, -0.25) is 14.4 Å². The van der Waals surface area contributed by atoms with Crippen LogP contribution in [0.15, 0.2) is 36.4 Å². The molecule has 1 saturated heterocycles. The maximum atomic E-state index is 14.4. The third-order valence-electron chi connectivity index (χ3n) is 11.5. The van der Waals surface area contributed by atoms with Crippen molar-refractivity contribution in [3.8, 4) is 16.9 Å². The molecule has 0 aromatic heterocycles. The number of rotatable bonds is 12. The average molecular weight is 664 g/mol. The highest BCUT2D eigenvalue weighted by atomic mass is 16.7. The van der Waals surface area contributed by atoms with Gasteiger partial charge in [0.15, 0.2) is 0 Å². The van der Waals surface area contributed by atoms with Crippen LogP contribution in [0.5, 0.6) is 5.75 Å². The van der Waals surface area contributed by atoms with Gasteiger partial charge in [0.2, 0.25) is 5.91 Å². The van der Waals surface area contributed by atoms with Crippen LogP contribution in [0.2, 0.25) is 0 Å². The zero-order valence-corrected chi connectivity index (χ0v) is 30.5. The molecule has 10 nitrogen and oxygen atoms in total. The molecule has 2 aromatic rings. The lowest BCUT2D eigenvalue weighted by Crippen LogP contribution is -2.62. The number of carbonyl (C=O) groups is 2. The highest BCUT2D eigenvalue weighted by Gasteiger charge is 2.57. The van der Waals surface area contributed by atoms with Crippen LogP contribution in [0.3, 0.4) is 0 Å². The number of nitrogens with zero attached hydrogens (tertiary/aromatic N) is 2. The zero-order valence-electron chi connectivity index (χ0n) is 30.5. The van der Waals surface area contributed by atoms with Gasteiger partial charge in [-0.2, -0.15) is 5.06 Å².